The van der Waals surface area contributed by atoms with Crippen molar-refractivity contribution in [2.24, 2.45) is 5.92 Å². The van der Waals surface area contributed by atoms with Gasteiger partial charge in [0.15, 0.2) is 0 Å². The van der Waals surface area contributed by atoms with E-state index in [1.165, 1.54) is 49.8 Å². The first kappa shape index (κ1) is 15.5. The van der Waals surface area contributed by atoms with Crippen LogP contribution in [0.15, 0.2) is 18.3 Å². The second kappa shape index (κ2) is 8.41. The third-order valence-electron chi connectivity index (χ3n) is 4.66. The molecule has 0 saturated heterocycles. The molecule has 2 rings (SSSR count). The number of aromatic nitrogens is 1. The summed E-state index contributed by atoms with van der Waals surface area (Å²) in [7, 11) is 0. The highest BCUT2D eigenvalue weighted by Gasteiger charge is 2.22. The van der Waals surface area contributed by atoms with Crippen LogP contribution >= 0.6 is 0 Å². The van der Waals surface area contributed by atoms with E-state index in [0.717, 1.165) is 25.3 Å². The van der Waals surface area contributed by atoms with Crippen LogP contribution in [0.3, 0.4) is 0 Å². The third-order valence-corrected chi connectivity index (χ3v) is 4.66. The SMILES string of the molecule is CCNC(Cc1ccc(CC)cn1)C1CCCCCC1. The summed E-state index contributed by atoms with van der Waals surface area (Å²) in [5, 5.41) is 3.72. The molecule has 1 heterocycles. The van der Waals surface area contributed by atoms with E-state index in [9.17, 15) is 0 Å². The van der Waals surface area contributed by atoms with E-state index < -0.39 is 0 Å². The minimum atomic E-state index is 0.609. The monoisotopic (exact) mass is 274 g/mol. The molecule has 0 radical (unpaired) electrons. The Hall–Kier alpha value is -0.890. The van der Waals surface area contributed by atoms with Crippen molar-refractivity contribution in [2.45, 2.75) is 71.3 Å². The third kappa shape index (κ3) is 4.59. The number of nitrogens with one attached hydrogen (secondary N) is 1. The summed E-state index contributed by atoms with van der Waals surface area (Å²) in [6, 6.07) is 5.07. The van der Waals surface area contributed by atoms with Crippen LogP contribution in [0, 0.1) is 5.92 Å². The largest absolute Gasteiger partial charge is 0.314 e. The Morgan fingerprint density at radius 3 is 2.45 bits per heavy atom. The van der Waals surface area contributed by atoms with Crippen LogP contribution in [0.5, 0.6) is 0 Å². The summed E-state index contributed by atoms with van der Waals surface area (Å²) in [5.41, 5.74) is 2.58. The Kier molecular flexibility index (Phi) is 6.52. The van der Waals surface area contributed by atoms with Gasteiger partial charge in [0, 0.05) is 24.4 Å². The van der Waals surface area contributed by atoms with Gasteiger partial charge in [-0.15, -0.1) is 0 Å². The topological polar surface area (TPSA) is 24.9 Å². The molecule has 2 heteroatoms. The van der Waals surface area contributed by atoms with Gasteiger partial charge in [-0.2, -0.15) is 0 Å². The number of rotatable bonds is 6. The van der Waals surface area contributed by atoms with Crippen LogP contribution in [0.2, 0.25) is 0 Å². The van der Waals surface area contributed by atoms with Crippen LogP contribution in [0.25, 0.3) is 0 Å². The van der Waals surface area contributed by atoms with Crippen molar-refractivity contribution in [2.75, 3.05) is 6.54 Å². The van der Waals surface area contributed by atoms with Crippen molar-refractivity contribution in [3.05, 3.63) is 29.6 Å². The molecule has 0 aliphatic heterocycles. The molecule has 20 heavy (non-hydrogen) atoms. The van der Waals surface area contributed by atoms with Gasteiger partial charge in [-0.25, -0.2) is 0 Å². The highest BCUT2D eigenvalue weighted by atomic mass is 14.9. The van der Waals surface area contributed by atoms with Gasteiger partial charge >= 0.3 is 0 Å². The summed E-state index contributed by atoms with van der Waals surface area (Å²) in [6.07, 6.45) is 12.7. The first-order valence-electron chi connectivity index (χ1n) is 8.50. The van der Waals surface area contributed by atoms with E-state index in [-0.39, 0.29) is 0 Å². The van der Waals surface area contributed by atoms with Crippen molar-refractivity contribution >= 4 is 0 Å². The zero-order chi connectivity index (χ0) is 14.2. The number of hydrogen-bond acceptors (Lipinski definition) is 2. The van der Waals surface area contributed by atoms with Crippen molar-refractivity contribution in [1.29, 1.82) is 0 Å². The Balaban J connectivity index is 1.99. The molecule has 1 unspecified atom stereocenters. The quantitative estimate of drug-likeness (QED) is 0.789. The molecule has 1 N–H and O–H groups in total. The maximum atomic E-state index is 4.65. The number of aryl methyl sites for hydroxylation is 1. The summed E-state index contributed by atoms with van der Waals surface area (Å²) >= 11 is 0. The van der Waals surface area contributed by atoms with Gasteiger partial charge in [-0.05, 0) is 43.4 Å². The summed E-state index contributed by atoms with van der Waals surface area (Å²) in [4.78, 5) is 4.65. The predicted octanol–water partition coefficient (Wildman–Crippen LogP) is 4.14. The fourth-order valence-electron chi connectivity index (χ4n) is 3.39. The smallest absolute Gasteiger partial charge is 0.0419 e. The molecule has 0 aromatic carbocycles. The molecule has 1 aromatic rings. The predicted molar refractivity (Wildman–Crippen MR) is 86.0 cm³/mol. The first-order chi connectivity index (χ1) is 9.83. The number of likely N-dealkylation sites (N-methyl/N-ethyl adjacent to an activating group) is 1. The van der Waals surface area contributed by atoms with Crippen LogP contribution < -0.4 is 5.32 Å². The molecular formula is C18H30N2. The average molecular weight is 274 g/mol. The van der Waals surface area contributed by atoms with Crippen molar-refractivity contribution in [3.63, 3.8) is 0 Å². The normalized spacial score (nSPS) is 18.7. The molecular weight excluding hydrogens is 244 g/mol. The van der Waals surface area contributed by atoms with Gasteiger partial charge < -0.3 is 5.32 Å². The second-order valence-electron chi connectivity index (χ2n) is 6.13. The summed E-state index contributed by atoms with van der Waals surface area (Å²) < 4.78 is 0. The minimum Gasteiger partial charge on any atom is -0.314 e. The number of nitrogens with zero attached hydrogens (tertiary/aromatic N) is 1. The van der Waals surface area contributed by atoms with E-state index in [1.807, 2.05) is 6.20 Å². The lowest BCUT2D eigenvalue weighted by Gasteiger charge is -2.27. The highest BCUT2D eigenvalue weighted by Crippen LogP contribution is 2.27. The molecule has 112 valence electrons. The van der Waals surface area contributed by atoms with E-state index in [1.54, 1.807) is 0 Å². The maximum Gasteiger partial charge on any atom is 0.0419 e. The van der Waals surface area contributed by atoms with Gasteiger partial charge in [0.05, 0.1) is 0 Å². The Morgan fingerprint density at radius 1 is 1.15 bits per heavy atom. The van der Waals surface area contributed by atoms with Gasteiger partial charge in [0.25, 0.3) is 0 Å². The zero-order valence-corrected chi connectivity index (χ0v) is 13.2. The average Bonchev–Trinajstić information content (AvgIpc) is 2.76. The Bertz CT molecular complexity index is 364. The Morgan fingerprint density at radius 2 is 1.90 bits per heavy atom. The van der Waals surface area contributed by atoms with Crippen LogP contribution in [0.1, 0.15) is 63.6 Å². The Labute approximate surface area is 124 Å². The van der Waals surface area contributed by atoms with Gasteiger partial charge in [0.2, 0.25) is 0 Å². The molecule has 1 aliphatic rings. The van der Waals surface area contributed by atoms with Gasteiger partial charge in [-0.3, -0.25) is 4.98 Å². The van der Waals surface area contributed by atoms with Gasteiger partial charge in [0.1, 0.15) is 0 Å². The highest BCUT2D eigenvalue weighted by molar-refractivity contribution is 5.14. The van der Waals surface area contributed by atoms with Crippen LogP contribution in [-0.4, -0.2) is 17.6 Å². The van der Waals surface area contributed by atoms with E-state index in [0.29, 0.717) is 6.04 Å². The lowest BCUT2D eigenvalue weighted by atomic mass is 9.88. The summed E-state index contributed by atoms with van der Waals surface area (Å²) in [5.74, 6) is 0.838. The number of pyridine rings is 1. The first-order valence-corrected chi connectivity index (χ1v) is 8.50. The van der Waals surface area contributed by atoms with E-state index in [4.69, 9.17) is 0 Å². The number of hydrogen-bond donors (Lipinski definition) is 1. The molecule has 0 amide bonds. The van der Waals surface area contributed by atoms with Crippen LogP contribution in [0.4, 0.5) is 0 Å². The van der Waals surface area contributed by atoms with Crippen molar-refractivity contribution < 1.29 is 0 Å². The summed E-state index contributed by atoms with van der Waals surface area (Å²) in [6.45, 7) is 5.47. The minimum absolute atomic E-state index is 0.609. The van der Waals surface area contributed by atoms with Crippen LogP contribution in [-0.2, 0) is 12.8 Å². The maximum absolute atomic E-state index is 4.65. The van der Waals surface area contributed by atoms with Gasteiger partial charge in [-0.1, -0.05) is 45.6 Å². The molecule has 1 fully saturated rings. The standard InChI is InChI=1S/C18H30N2/c1-3-15-11-12-17(20-14-15)13-18(19-4-2)16-9-7-5-6-8-10-16/h11-12,14,16,18-19H,3-10,13H2,1-2H3. The molecule has 1 atom stereocenters. The van der Waals surface area contributed by atoms with E-state index in [2.05, 4.69) is 36.3 Å². The van der Waals surface area contributed by atoms with Crippen molar-refractivity contribution in [3.8, 4) is 0 Å². The molecule has 0 spiro atoms. The molecule has 2 nitrogen and oxygen atoms in total. The van der Waals surface area contributed by atoms with E-state index >= 15 is 0 Å². The fraction of sp³-hybridized carbons (Fsp3) is 0.722. The molecule has 1 aliphatic carbocycles. The lowest BCUT2D eigenvalue weighted by Crippen LogP contribution is -2.38. The zero-order valence-electron chi connectivity index (χ0n) is 13.2. The fourth-order valence-corrected chi connectivity index (χ4v) is 3.39. The molecule has 0 bridgehead atoms. The molecule has 1 aromatic heterocycles. The van der Waals surface area contributed by atoms with Crippen molar-refractivity contribution in [1.82, 2.24) is 10.3 Å². The second-order valence-corrected chi connectivity index (χ2v) is 6.13. The lowest BCUT2D eigenvalue weighted by molar-refractivity contribution is 0.320. The molecule has 1 saturated carbocycles.